The lowest BCUT2D eigenvalue weighted by molar-refractivity contribution is 0.629. The van der Waals surface area contributed by atoms with E-state index in [0.717, 1.165) is 0 Å². The fourth-order valence-electron chi connectivity index (χ4n) is 0.534. The molecule has 1 rings (SSSR count). The predicted molar refractivity (Wildman–Crippen MR) is 43.3 cm³/mol. The maximum Gasteiger partial charge on any atom is 0.141 e. The van der Waals surface area contributed by atoms with Gasteiger partial charge in [-0.2, -0.15) is 0 Å². The first-order valence-electron chi connectivity index (χ1n) is 2.86. The first kappa shape index (κ1) is 8.40. The van der Waals surface area contributed by atoms with Crippen molar-refractivity contribution >= 4 is 10.5 Å². The summed E-state index contributed by atoms with van der Waals surface area (Å²) in [7, 11) is 0.306. The van der Waals surface area contributed by atoms with E-state index in [2.05, 4.69) is 19.1 Å². The Bertz CT molecular complexity index is 139. The molecule has 1 N–H and O–H groups in total. The lowest BCUT2D eigenvalue weighted by Gasteiger charge is -1.82. The van der Waals surface area contributed by atoms with Gasteiger partial charge in [0.05, 0.1) is 0 Å². The molecule has 1 aromatic rings. The van der Waals surface area contributed by atoms with Crippen LogP contribution >= 0.6 is 0 Å². The minimum atomic E-state index is 0.306. The molecule has 0 amide bonds. The van der Waals surface area contributed by atoms with Crippen molar-refractivity contribution in [3.63, 3.8) is 0 Å². The highest BCUT2D eigenvalue weighted by molar-refractivity contribution is 5.95. The highest BCUT2D eigenvalue weighted by atomic mass is 28.2. The second-order valence-electron chi connectivity index (χ2n) is 1.65. The first-order valence-corrected chi connectivity index (χ1v) is 3.75. The van der Waals surface area contributed by atoms with E-state index >= 15 is 0 Å². The zero-order valence-electron chi connectivity index (χ0n) is 5.83. The van der Waals surface area contributed by atoms with Gasteiger partial charge in [-0.15, -0.1) is 0 Å². The van der Waals surface area contributed by atoms with E-state index in [1.54, 1.807) is 0 Å². The lowest BCUT2D eigenvalue weighted by atomic mass is 10.2. The highest BCUT2D eigenvalue weighted by Gasteiger charge is 1.72. The van der Waals surface area contributed by atoms with Gasteiger partial charge in [0, 0.05) is 0 Å². The van der Waals surface area contributed by atoms with E-state index in [0.29, 0.717) is 10.5 Å². The van der Waals surface area contributed by atoms with Crippen molar-refractivity contribution in [1.82, 2.24) is 0 Å². The summed E-state index contributed by atoms with van der Waals surface area (Å²) < 4.78 is 0. The van der Waals surface area contributed by atoms with E-state index in [1.165, 1.54) is 5.56 Å². The summed E-state index contributed by atoms with van der Waals surface area (Å²) in [5, 5.41) is 0. The first-order chi connectivity index (χ1) is 4.39. The monoisotopic (exact) mass is 140 g/mol. The fourth-order valence-corrected chi connectivity index (χ4v) is 0.534. The number of benzene rings is 1. The van der Waals surface area contributed by atoms with E-state index in [-0.39, 0.29) is 0 Å². The van der Waals surface area contributed by atoms with Gasteiger partial charge in [0.15, 0.2) is 0 Å². The summed E-state index contributed by atoms with van der Waals surface area (Å²) in [6.07, 6.45) is 0. The second kappa shape index (κ2) is 5.53. The summed E-state index contributed by atoms with van der Waals surface area (Å²) in [5.41, 5.74) is 1.32. The van der Waals surface area contributed by atoms with Crippen LogP contribution in [0.3, 0.4) is 0 Å². The summed E-state index contributed by atoms with van der Waals surface area (Å²) >= 11 is 0. The van der Waals surface area contributed by atoms with Gasteiger partial charge in [0.1, 0.15) is 10.5 Å². The van der Waals surface area contributed by atoms with Crippen LogP contribution in [-0.2, 0) is 0 Å². The van der Waals surface area contributed by atoms with Crippen LogP contribution < -0.4 is 0 Å². The Kier molecular flexibility index (Phi) is 5.16. The minimum absolute atomic E-state index is 0.306. The summed E-state index contributed by atoms with van der Waals surface area (Å²) in [6.45, 7) is 2.08. The van der Waals surface area contributed by atoms with Crippen molar-refractivity contribution in [3.8, 4) is 0 Å². The molecule has 50 valence electrons. The third-order valence-electron chi connectivity index (χ3n) is 0.940. The number of rotatable bonds is 0. The average Bonchev–Trinajstić information content (AvgIpc) is 1.94. The van der Waals surface area contributed by atoms with Crippen molar-refractivity contribution < 1.29 is 4.80 Å². The van der Waals surface area contributed by atoms with Crippen LogP contribution in [0.25, 0.3) is 0 Å². The molecule has 0 atom stereocenters. The normalized spacial score (nSPS) is 7.78. The van der Waals surface area contributed by atoms with Gasteiger partial charge in [0.25, 0.3) is 0 Å². The Balaban J connectivity index is 0.000000291. The van der Waals surface area contributed by atoms with Gasteiger partial charge in [-0.3, -0.25) is 0 Å². The maximum atomic E-state index is 7.14. The van der Waals surface area contributed by atoms with Crippen LogP contribution in [-0.4, -0.2) is 15.3 Å². The van der Waals surface area contributed by atoms with Crippen LogP contribution in [0.4, 0.5) is 0 Å². The molecule has 0 aliphatic carbocycles. The van der Waals surface area contributed by atoms with Crippen molar-refractivity contribution in [3.05, 3.63) is 35.9 Å². The van der Waals surface area contributed by atoms with Gasteiger partial charge in [-0.1, -0.05) is 35.9 Å². The SMILES string of the molecule is Cc1ccccc1.O[SiH3]. The van der Waals surface area contributed by atoms with Crippen molar-refractivity contribution in [2.45, 2.75) is 6.92 Å². The molecule has 0 aromatic heterocycles. The molecule has 1 aromatic carbocycles. The van der Waals surface area contributed by atoms with Gasteiger partial charge >= 0.3 is 0 Å². The lowest BCUT2D eigenvalue weighted by Crippen LogP contribution is -1.62. The highest BCUT2D eigenvalue weighted by Crippen LogP contribution is 1.92. The molecule has 0 unspecified atom stereocenters. The third kappa shape index (κ3) is 3.94. The largest absolute Gasteiger partial charge is 0.442 e. The summed E-state index contributed by atoms with van der Waals surface area (Å²) in [4.78, 5) is 7.14. The number of hydrogen-bond acceptors (Lipinski definition) is 1. The zero-order valence-corrected chi connectivity index (χ0v) is 7.83. The molecule has 0 aliphatic heterocycles. The van der Waals surface area contributed by atoms with E-state index < -0.39 is 0 Å². The molecule has 0 bridgehead atoms. The Morgan fingerprint density at radius 2 is 1.56 bits per heavy atom. The van der Waals surface area contributed by atoms with Gasteiger partial charge < -0.3 is 4.80 Å². The Morgan fingerprint density at radius 3 is 1.78 bits per heavy atom. The Labute approximate surface area is 58.9 Å². The molecule has 2 heteroatoms. The van der Waals surface area contributed by atoms with Crippen LogP contribution in [0.5, 0.6) is 0 Å². The van der Waals surface area contributed by atoms with E-state index in [1.807, 2.05) is 18.2 Å². The molecule has 9 heavy (non-hydrogen) atoms. The standard InChI is InChI=1S/C7H8.H4OSi/c1-7-5-3-2-4-6-7;1-2/h2-6H,1H3;1H,2H3. The van der Waals surface area contributed by atoms with Gasteiger partial charge in [-0.25, -0.2) is 0 Å². The zero-order chi connectivity index (χ0) is 7.11. The van der Waals surface area contributed by atoms with Crippen LogP contribution in [0.15, 0.2) is 30.3 Å². The Morgan fingerprint density at radius 1 is 1.11 bits per heavy atom. The average molecular weight is 140 g/mol. The number of aryl methyl sites for hydroxylation is 1. The van der Waals surface area contributed by atoms with Gasteiger partial charge in [-0.05, 0) is 6.92 Å². The smallest absolute Gasteiger partial charge is 0.141 e. The molecular weight excluding hydrogens is 128 g/mol. The molecule has 0 spiro atoms. The molecule has 1 nitrogen and oxygen atoms in total. The number of hydrogen-bond donors (Lipinski definition) is 1. The van der Waals surface area contributed by atoms with Crippen molar-refractivity contribution in [2.24, 2.45) is 0 Å². The maximum absolute atomic E-state index is 7.14. The van der Waals surface area contributed by atoms with Crippen LogP contribution in [0.1, 0.15) is 5.56 Å². The molecule has 0 fully saturated rings. The molecule has 0 heterocycles. The van der Waals surface area contributed by atoms with Crippen molar-refractivity contribution in [1.29, 1.82) is 0 Å². The van der Waals surface area contributed by atoms with E-state index in [4.69, 9.17) is 4.80 Å². The molecule has 0 saturated carbocycles. The van der Waals surface area contributed by atoms with Crippen LogP contribution in [0.2, 0.25) is 0 Å². The van der Waals surface area contributed by atoms with Crippen molar-refractivity contribution in [2.75, 3.05) is 0 Å². The fraction of sp³-hybridized carbons (Fsp3) is 0.143. The topological polar surface area (TPSA) is 20.2 Å². The molecular formula is C7H12OSi. The molecule has 0 radical (unpaired) electrons. The molecule has 0 aliphatic rings. The van der Waals surface area contributed by atoms with Crippen LogP contribution in [0, 0.1) is 6.92 Å². The minimum Gasteiger partial charge on any atom is -0.442 e. The quantitative estimate of drug-likeness (QED) is 0.512. The second-order valence-corrected chi connectivity index (χ2v) is 1.65. The predicted octanol–water partition coefficient (Wildman–Crippen LogP) is 0.254. The summed E-state index contributed by atoms with van der Waals surface area (Å²) in [5.74, 6) is 0. The van der Waals surface area contributed by atoms with E-state index in [9.17, 15) is 0 Å². The Hall–Kier alpha value is -0.603. The van der Waals surface area contributed by atoms with Gasteiger partial charge in [0.2, 0.25) is 0 Å². The third-order valence-corrected chi connectivity index (χ3v) is 0.940. The molecule has 0 saturated heterocycles. The summed E-state index contributed by atoms with van der Waals surface area (Å²) in [6, 6.07) is 10.3.